The minimum absolute atomic E-state index is 0.0624. The van der Waals surface area contributed by atoms with E-state index in [1.165, 1.54) is 22.6 Å². The lowest BCUT2D eigenvalue weighted by Crippen LogP contribution is -2.59. The Bertz CT molecular complexity index is 1690. The molecule has 1 N–H and O–H groups in total. The lowest BCUT2D eigenvalue weighted by atomic mass is 9.96. The maximum atomic E-state index is 15.0. The monoisotopic (exact) mass is 592 g/mol. The molecule has 2 amide bonds. The number of amides is 2. The maximum Gasteiger partial charge on any atom is 0.408 e. The van der Waals surface area contributed by atoms with Crippen molar-refractivity contribution < 1.29 is 23.8 Å². The van der Waals surface area contributed by atoms with Crippen LogP contribution in [0, 0.1) is 12.8 Å². The molecule has 222 valence electrons. The van der Waals surface area contributed by atoms with Crippen LogP contribution in [0.15, 0.2) is 36.5 Å². The average Bonchev–Trinajstić information content (AvgIpc) is 3.59. The van der Waals surface area contributed by atoms with E-state index in [4.69, 9.17) is 4.74 Å². The third kappa shape index (κ3) is 5.10. The van der Waals surface area contributed by atoms with Gasteiger partial charge in [0.2, 0.25) is 0 Å². The van der Waals surface area contributed by atoms with Crippen LogP contribution in [0.25, 0.3) is 31.7 Å². The zero-order valence-corrected chi connectivity index (χ0v) is 25.5. The molecule has 42 heavy (non-hydrogen) atoms. The first kappa shape index (κ1) is 28.5. The number of piperidine rings is 1. The number of carbonyl (C=O) groups excluding carboxylic acids is 1. The summed E-state index contributed by atoms with van der Waals surface area (Å²) in [6, 6.07) is 9.19. The number of pyridine rings is 1. The Balaban J connectivity index is 1.39. The van der Waals surface area contributed by atoms with Crippen molar-refractivity contribution in [2.24, 2.45) is 5.92 Å². The van der Waals surface area contributed by atoms with E-state index < -0.39 is 23.8 Å². The average molecular weight is 593 g/mol. The minimum atomic E-state index is -1.32. The van der Waals surface area contributed by atoms with Crippen LogP contribution in [-0.4, -0.2) is 74.4 Å². The molecule has 1 aromatic carbocycles. The summed E-state index contributed by atoms with van der Waals surface area (Å²) in [5.74, 6) is 0.922. The standard InChI is InChI=1S/C32H37FN4O4S/c1-18-27-25(41-5)12-21(30(38)35-16-22(33)14-23(17-35)37(31(39)40)32(2,3)4)13-26(27)42-28(18)24-11-20-7-6-10-34-29(20)36(24)15-19-8-9-19/h6-7,10-13,19,22-23H,8-9,14-17H2,1-5H3,(H,39,40)/t22-,23-/m1/s1. The molecule has 0 unspecified atom stereocenters. The Hall–Kier alpha value is -3.66. The van der Waals surface area contributed by atoms with E-state index in [0.717, 1.165) is 43.8 Å². The number of nitrogens with zero attached hydrogens (tertiary/aromatic N) is 4. The van der Waals surface area contributed by atoms with Gasteiger partial charge in [0.1, 0.15) is 17.6 Å². The number of benzene rings is 1. The number of hydrogen-bond donors (Lipinski definition) is 1. The minimum Gasteiger partial charge on any atom is -0.496 e. The zero-order valence-electron chi connectivity index (χ0n) is 24.7. The molecule has 4 heterocycles. The van der Waals surface area contributed by atoms with Gasteiger partial charge in [-0.25, -0.2) is 14.2 Å². The second-order valence-corrected chi connectivity index (χ2v) is 13.7. The van der Waals surface area contributed by atoms with Crippen molar-refractivity contribution in [3.8, 4) is 16.3 Å². The van der Waals surface area contributed by atoms with Crippen molar-refractivity contribution in [3.05, 3.63) is 47.7 Å². The molecule has 0 bridgehead atoms. The van der Waals surface area contributed by atoms with Crippen molar-refractivity contribution in [2.75, 3.05) is 20.2 Å². The lowest BCUT2D eigenvalue weighted by Gasteiger charge is -2.45. The van der Waals surface area contributed by atoms with Crippen molar-refractivity contribution >= 4 is 44.5 Å². The van der Waals surface area contributed by atoms with Crippen molar-refractivity contribution in [1.82, 2.24) is 19.4 Å². The van der Waals surface area contributed by atoms with E-state index >= 15 is 0 Å². The Morgan fingerprint density at radius 2 is 1.98 bits per heavy atom. The molecule has 4 aromatic rings. The van der Waals surface area contributed by atoms with Gasteiger partial charge in [-0.3, -0.25) is 9.69 Å². The predicted octanol–water partition coefficient (Wildman–Crippen LogP) is 6.98. The summed E-state index contributed by atoms with van der Waals surface area (Å²) in [5, 5.41) is 11.9. The largest absolute Gasteiger partial charge is 0.496 e. The maximum absolute atomic E-state index is 15.0. The Kier molecular flexibility index (Phi) is 7.15. The highest BCUT2D eigenvalue weighted by molar-refractivity contribution is 7.22. The van der Waals surface area contributed by atoms with Crippen LogP contribution in [0.3, 0.4) is 0 Å². The molecular formula is C32H37FN4O4S. The van der Waals surface area contributed by atoms with E-state index in [-0.39, 0.29) is 25.4 Å². The molecule has 6 rings (SSSR count). The number of likely N-dealkylation sites (tertiary alicyclic amines) is 1. The molecule has 0 radical (unpaired) electrons. The van der Waals surface area contributed by atoms with Crippen LogP contribution in [0.1, 0.15) is 56.0 Å². The SMILES string of the molecule is COc1cc(C(=O)N2C[C@H](F)C[C@@H](N(C(=O)O)C(C)(C)C)C2)cc2sc(-c3cc4cccnc4n3CC3CC3)c(C)c12. The van der Waals surface area contributed by atoms with Gasteiger partial charge in [-0.2, -0.15) is 0 Å². The highest BCUT2D eigenvalue weighted by Gasteiger charge is 2.40. The van der Waals surface area contributed by atoms with E-state index in [1.807, 2.05) is 18.3 Å². The number of carboxylic acid groups (broad SMARTS) is 1. The molecule has 2 fully saturated rings. The number of aryl methyl sites for hydroxylation is 1. The quantitative estimate of drug-likeness (QED) is 0.261. The van der Waals surface area contributed by atoms with E-state index in [9.17, 15) is 19.1 Å². The number of halogens is 1. The zero-order chi connectivity index (χ0) is 29.9. The fourth-order valence-electron chi connectivity index (χ4n) is 6.43. The first-order chi connectivity index (χ1) is 20.0. The summed E-state index contributed by atoms with van der Waals surface area (Å²) in [5.41, 5.74) is 2.84. The third-order valence-electron chi connectivity index (χ3n) is 8.44. The molecular weight excluding hydrogens is 555 g/mol. The first-order valence-electron chi connectivity index (χ1n) is 14.5. The molecule has 2 aliphatic rings. The third-order valence-corrected chi connectivity index (χ3v) is 9.71. The number of hydrogen-bond acceptors (Lipinski definition) is 5. The fourth-order valence-corrected chi connectivity index (χ4v) is 7.72. The van der Waals surface area contributed by atoms with Crippen molar-refractivity contribution in [1.29, 1.82) is 0 Å². The Morgan fingerprint density at radius 3 is 2.64 bits per heavy atom. The molecule has 1 saturated carbocycles. The van der Waals surface area contributed by atoms with E-state index in [1.54, 1.807) is 45.3 Å². The Labute approximate surface area is 248 Å². The van der Waals surface area contributed by atoms with E-state index in [2.05, 4.69) is 28.6 Å². The van der Waals surface area contributed by atoms with Gasteiger partial charge < -0.3 is 19.3 Å². The van der Waals surface area contributed by atoms with Crippen molar-refractivity contribution in [2.45, 2.75) is 71.3 Å². The van der Waals surface area contributed by atoms with Crippen LogP contribution in [-0.2, 0) is 6.54 Å². The number of rotatable bonds is 6. The number of fused-ring (bicyclic) bond motifs is 2. The summed E-state index contributed by atoms with van der Waals surface area (Å²) in [4.78, 5) is 34.5. The van der Waals surface area contributed by atoms with Crippen LogP contribution >= 0.6 is 11.3 Å². The summed E-state index contributed by atoms with van der Waals surface area (Å²) in [7, 11) is 1.59. The van der Waals surface area contributed by atoms with Gasteiger partial charge in [-0.05, 0) is 82.3 Å². The molecule has 1 aliphatic heterocycles. The molecule has 1 saturated heterocycles. The highest BCUT2D eigenvalue weighted by Crippen LogP contribution is 2.45. The van der Waals surface area contributed by atoms with Crippen LogP contribution < -0.4 is 4.74 Å². The molecule has 3 aromatic heterocycles. The molecule has 0 spiro atoms. The number of carbonyl (C=O) groups is 2. The number of thiophene rings is 1. The summed E-state index contributed by atoms with van der Waals surface area (Å²) >= 11 is 1.62. The molecule has 10 heteroatoms. The summed E-state index contributed by atoms with van der Waals surface area (Å²) in [6.07, 6.45) is 1.92. The smallest absolute Gasteiger partial charge is 0.408 e. The van der Waals surface area contributed by atoms with Gasteiger partial charge in [-0.15, -0.1) is 11.3 Å². The second kappa shape index (κ2) is 10.6. The molecule has 2 atom stereocenters. The number of ether oxygens (including phenoxy) is 1. The fraction of sp³-hybridized carbons (Fsp3) is 0.469. The normalized spacial score (nSPS) is 19.4. The molecule has 8 nitrogen and oxygen atoms in total. The van der Waals surface area contributed by atoms with E-state index in [0.29, 0.717) is 17.2 Å². The van der Waals surface area contributed by atoms with Crippen LogP contribution in [0.5, 0.6) is 5.75 Å². The van der Waals surface area contributed by atoms with Gasteiger partial charge in [0.25, 0.3) is 5.91 Å². The van der Waals surface area contributed by atoms with Gasteiger partial charge >= 0.3 is 6.09 Å². The summed E-state index contributed by atoms with van der Waals surface area (Å²) in [6.45, 7) is 8.41. The topological polar surface area (TPSA) is 87.9 Å². The summed E-state index contributed by atoms with van der Waals surface area (Å²) < 4.78 is 24.0. The number of methoxy groups -OCH3 is 1. The second-order valence-electron chi connectivity index (χ2n) is 12.6. The first-order valence-corrected chi connectivity index (χ1v) is 15.3. The van der Waals surface area contributed by atoms with Gasteiger partial charge in [0.05, 0.1) is 30.3 Å². The highest BCUT2D eigenvalue weighted by atomic mass is 32.1. The molecule has 1 aliphatic carbocycles. The Morgan fingerprint density at radius 1 is 1.21 bits per heavy atom. The van der Waals surface area contributed by atoms with Crippen LogP contribution in [0.2, 0.25) is 0 Å². The lowest BCUT2D eigenvalue weighted by molar-refractivity contribution is 0.0126. The van der Waals surface area contributed by atoms with Gasteiger partial charge in [-0.1, -0.05) is 0 Å². The van der Waals surface area contributed by atoms with Crippen molar-refractivity contribution in [3.63, 3.8) is 0 Å². The number of aromatic nitrogens is 2. The van der Waals surface area contributed by atoms with Crippen LogP contribution in [0.4, 0.5) is 9.18 Å². The van der Waals surface area contributed by atoms with Gasteiger partial charge in [0.15, 0.2) is 0 Å². The van der Waals surface area contributed by atoms with Gasteiger partial charge in [0, 0.05) is 52.3 Å². The predicted molar refractivity (Wildman–Crippen MR) is 163 cm³/mol. The number of alkyl halides is 1.